The van der Waals surface area contributed by atoms with Crippen molar-refractivity contribution in [2.75, 3.05) is 13.2 Å². The lowest BCUT2D eigenvalue weighted by Gasteiger charge is -2.26. The van der Waals surface area contributed by atoms with Crippen molar-refractivity contribution in [1.29, 1.82) is 0 Å². The fourth-order valence-corrected chi connectivity index (χ4v) is 2.21. The molecule has 1 unspecified atom stereocenters. The Morgan fingerprint density at radius 1 is 1.15 bits per heavy atom. The molecule has 112 valence electrons. The van der Waals surface area contributed by atoms with E-state index in [0.717, 1.165) is 6.42 Å². The first-order chi connectivity index (χ1) is 9.67. The summed E-state index contributed by atoms with van der Waals surface area (Å²) >= 11 is 0. The minimum absolute atomic E-state index is 0.0494. The maximum absolute atomic E-state index is 10.8. The summed E-state index contributed by atoms with van der Waals surface area (Å²) in [7, 11) is 0. The molecule has 0 spiro atoms. The summed E-state index contributed by atoms with van der Waals surface area (Å²) in [5.41, 5.74) is 1.17. The largest absolute Gasteiger partial charge is 0.481 e. The van der Waals surface area contributed by atoms with Crippen molar-refractivity contribution in [3.8, 4) is 0 Å². The Morgan fingerprint density at radius 2 is 1.75 bits per heavy atom. The molecule has 0 amide bonds. The van der Waals surface area contributed by atoms with Crippen LogP contribution < -0.4 is 0 Å². The Labute approximate surface area is 120 Å². The van der Waals surface area contributed by atoms with Crippen molar-refractivity contribution in [2.45, 2.75) is 39.4 Å². The quantitative estimate of drug-likeness (QED) is 0.669. The van der Waals surface area contributed by atoms with Crippen molar-refractivity contribution in [2.24, 2.45) is 5.92 Å². The number of aliphatic carboxylic acids is 1. The van der Waals surface area contributed by atoms with Crippen LogP contribution in [0.25, 0.3) is 0 Å². The summed E-state index contributed by atoms with van der Waals surface area (Å²) in [5, 5.41) is 8.89. The number of hydrogen-bond acceptors (Lipinski definition) is 3. The summed E-state index contributed by atoms with van der Waals surface area (Å²) in [5.74, 6) is -0.733. The van der Waals surface area contributed by atoms with Crippen LogP contribution in [0, 0.1) is 5.92 Å². The molecule has 0 heterocycles. The van der Waals surface area contributed by atoms with Gasteiger partial charge in [-0.25, -0.2) is 0 Å². The van der Waals surface area contributed by atoms with Crippen LogP contribution in [0.15, 0.2) is 30.3 Å². The zero-order valence-electron chi connectivity index (χ0n) is 12.2. The molecule has 20 heavy (non-hydrogen) atoms. The molecule has 0 radical (unpaired) electrons. The summed E-state index contributed by atoms with van der Waals surface area (Å²) in [6.45, 7) is 4.96. The first-order valence-electron chi connectivity index (χ1n) is 7.16. The van der Waals surface area contributed by atoms with Gasteiger partial charge in [0.1, 0.15) is 0 Å². The zero-order chi connectivity index (χ0) is 14.8. The van der Waals surface area contributed by atoms with Gasteiger partial charge in [0.2, 0.25) is 0 Å². The third kappa shape index (κ3) is 6.17. The Kier molecular flexibility index (Phi) is 7.92. The van der Waals surface area contributed by atoms with Gasteiger partial charge in [0.25, 0.3) is 0 Å². The van der Waals surface area contributed by atoms with Crippen molar-refractivity contribution >= 4 is 5.97 Å². The van der Waals surface area contributed by atoms with Gasteiger partial charge in [-0.1, -0.05) is 30.3 Å². The second-order valence-electron chi connectivity index (χ2n) is 4.66. The molecule has 0 bridgehead atoms. The Balaban J connectivity index is 2.73. The highest BCUT2D eigenvalue weighted by molar-refractivity contribution is 5.66. The number of carbonyl (C=O) groups is 1. The fourth-order valence-electron chi connectivity index (χ4n) is 2.21. The van der Waals surface area contributed by atoms with Crippen LogP contribution in [0.3, 0.4) is 0 Å². The van der Waals surface area contributed by atoms with E-state index >= 15 is 0 Å². The molecule has 1 N–H and O–H groups in total. The van der Waals surface area contributed by atoms with Crippen LogP contribution in [0.1, 0.15) is 32.3 Å². The third-order valence-corrected chi connectivity index (χ3v) is 3.12. The topological polar surface area (TPSA) is 55.8 Å². The number of ether oxygens (including phenoxy) is 2. The first kappa shape index (κ1) is 16.7. The molecule has 0 aliphatic carbocycles. The predicted molar refractivity (Wildman–Crippen MR) is 77.5 cm³/mol. The summed E-state index contributed by atoms with van der Waals surface area (Å²) in [4.78, 5) is 10.8. The fraction of sp³-hybridized carbons (Fsp3) is 0.562. The molecule has 0 saturated carbocycles. The average molecular weight is 280 g/mol. The lowest BCUT2D eigenvalue weighted by Crippen LogP contribution is -2.29. The van der Waals surface area contributed by atoms with Crippen molar-refractivity contribution in [1.82, 2.24) is 0 Å². The van der Waals surface area contributed by atoms with Crippen LogP contribution >= 0.6 is 0 Å². The second-order valence-corrected chi connectivity index (χ2v) is 4.66. The SMILES string of the molecule is CCOC(OCC)C(CCC(=O)O)Cc1ccccc1. The van der Waals surface area contributed by atoms with Crippen LogP contribution in [0.2, 0.25) is 0 Å². The number of hydrogen-bond donors (Lipinski definition) is 1. The number of rotatable bonds is 10. The molecule has 4 nitrogen and oxygen atoms in total. The summed E-state index contributed by atoms with van der Waals surface area (Å²) < 4.78 is 11.3. The lowest BCUT2D eigenvalue weighted by molar-refractivity contribution is -0.169. The Hall–Kier alpha value is -1.39. The standard InChI is InChI=1S/C16H24O4/c1-3-19-16(20-4-2)14(10-11-15(17)18)12-13-8-6-5-7-9-13/h5-9,14,16H,3-4,10-12H2,1-2H3,(H,17,18). The molecule has 1 aromatic carbocycles. The summed E-state index contributed by atoms with van der Waals surface area (Å²) in [6, 6.07) is 10.0. The molecule has 1 atom stereocenters. The molecule has 1 rings (SSSR count). The van der Waals surface area contributed by atoms with E-state index in [0.29, 0.717) is 19.6 Å². The highest BCUT2D eigenvalue weighted by atomic mass is 16.7. The van der Waals surface area contributed by atoms with Gasteiger partial charge < -0.3 is 14.6 Å². The van der Waals surface area contributed by atoms with Gasteiger partial charge in [-0.15, -0.1) is 0 Å². The molecule has 0 fully saturated rings. The lowest BCUT2D eigenvalue weighted by atomic mass is 9.94. The first-order valence-corrected chi connectivity index (χ1v) is 7.16. The van der Waals surface area contributed by atoms with Crippen molar-refractivity contribution in [3.63, 3.8) is 0 Å². The summed E-state index contributed by atoms with van der Waals surface area (Å²) in [6.07, 6.45) is 1.10. The molecule has 0 saturated heterocycles. The number of benzene rings is 1. The molecular formula is C16H24O4. The molecule has 0 aliphatic rings. The normalized spacial score (nSPS) is 12.6. The Morgan fingerprint density at radius 3 is 2.25 bits per heavy atom. The van der Waals surface area contributed by atoms with Gasteiger partial charge in [-0.05, 0) is 32.3 Å². The van der Waals surface area contributed by atoms with E-state index in [1.165, 1.54) is 5.56 Å². The highest BCUT2D eigenvalue weighted by Crippen LogP contribution is 2.21. The smallest absolute Gasteiger partial charge is 0.303 e. The van der Waals surface area contributed by atoms with Gasteiger partial charge >= 0.3 is 5.97 Å². The maximum atomic E-state index is 10.8. The van der Waals surface area contributed by atoms with E-state index in [1.54, 1.807) is 0 Å². The van der Waals surface area contributed by atoms with E-state index in [9.17, 15) is 4.79 Å². The highest BCUT2D eigenvalue weighted by Gasteiger charge is 2.23. The van der Waals surface area contributed by atoms with Gasteiger partial charge in [-0.3, -0.25) is 4.79 Å². The van der Waals surface area contributed by atoms with Gasteiger partial charge in [-0.2, -0.15) is 0 Å². The van der Waals surface area contributed by atoms with Crippen LogP contribution in [-0.2, 0) is 20.7 Å². The van der Waals surface area contributed by atoms with E-state index in [4.69, 9.17) is 14.6 Å². The predicted octanol–water partition coefficient (Wildman–Crippen LogP) is 3.11. The van der Waals surface area contributed by atoms with E-state index in [-0.39, 0.29) is 18.6 Å². The van der Waals surface area contributed by atoms with Gasteiger partial charge in [0.05, 0.1) is 0 Å². The number of carboxylic acid groups (broad SMARTS) is 1. The number of carboxylic acids is 1. The van der Waals surface area contributed by atoms with E-state index in [1.807, 2.05) is 44.2 Å². The maximum Gasteiger partial charge on any atom is 0.303 e. The average Bonchev–Trinajstić information content (AvgIpc) is 2.44. The Bertz CT molecular complexity index is 371. The van der Waals surface area contributed by atoms with Crippen LogP contribution in [0.4, 0.5) is 0 Å². The minimum atomic E-state index is -0.783. The van der Waals surface area contributed by atoms with Crippen molar-refractivity contribution in [3.05, 3.63) is 35.9 Å². The van der Waals surface area contributed by atoms with Crippen LogP contribution in [0.5, 0.6) is 0 Å². The third-order valence-electron chi connectivity index (χ3n) is 3.12. The minimum Gasteiger partial charge on any atom is -0.481 e. The van der Waals surface area contributed by atoms with Crippen molar-refractivity contribution < 1.29 is 19.4 Å². The molecular weight excluding hydrogens is 256 g/mol. The van der Waals surface area contributed by atoms with E-state index < -0.39 is 5.97 Å². The molecule has 0 aliphatic heterocycles. The molecule has 1 aromatic rings. The zero-order valence-corrected chi connectivity index (χ0v) is 12.2. The molecule has 0 aromatic heterocycles. The van der Waals surface area contributed by atoms with E-state index in [2.05, 4.69) is 0 Å². The monoisotopic (exact) mass is 280 g/mol. The van der Waals surface area contributed by atoms with Gasteiger partial charge in [0.15, 0.2) is 6.29 Å². The molecule has 4 heteroatoms. The van der Waals surface area contributed by atoms with Crippen LogP contribution in [-0.4, -0.2) is 30.6 Å². The van der Waals surface area contributed by atoms with Gasteiger partial charge in [0, 0.05) is 25.6 Å². The second kappa shape index (κ2) is 9.50.